The number of nitrogens with two attached hydrogens (primary N) is 1. The summed E-state index contributed by atoms with van der Waals surface area (Å²) >= 11 is 0. The van der Waals surface area contributed by atoms with Gasteiger partial charge in [-0.2, -0.15) is 0 Å². The molecule has 1 saturated carbocycles. The Morgan fingerprint density at radius 1 is 1.57 bits per heavy atom. The predicted octanol–water partition coefficient (Wildman–Crippen LogP) is -0.0636. The van der Waals surface area contributed by atoms with Crippen LogP contribution in [0.2, 0.25) is 5.54 Å². The summed E-state index contributed by atoms with van der Waals surface area (Å²) in [6.07, 6.45) is 5.54. The fourth-order valence-corrected chi connectivity index (χ4v) is 3.00. The molecule has 1 fully saturated rings. The van der Waals surface area contributed by atoms with E-state index < -0.39 is 0 Å². The minimum atomic E-state index is -0.0221. The molecule has 1 unspecified atom stereocenters. The van der Waals surface area contributed by atoms with E-state index in [2.05, 4.69) is 5.32 Å². The maximum atomic E-state index is 11.5. The van der Waals surface area contributed by atoms with Crippen molar-refractivity contribution in [3.05, 3.63) is 0 Å². The first kappa shape index (κ1) is 11.7. The van der Waals surface area contributed by atoms with Crippen LogP contribution in [0.3, 0.4) is 0 Å². The van der Waals surface area contributed by atoms with E-state index in [4.69, 9.17) is 5.73 Å². The summed E-state index contributed by atoms with van der Waals surface area (Å²) < 4.78 is 0. The van der Waals surface area contributed by atoms with Crippen molar-refractivity contribution in [1.29, 1.82) is 0 Å². The number of amides is 1. The van der Waals surface area contributed by atoms with Gasteiger partial charge in [-0.3, -0.25) is 4.79 Å². The lowest BCUT2D eigenvalue weighted by Crippen LogP contribution is -2.41. The molecule has 0 bridgehead atoms. The summed E-state index contributed by atoms with van der Waals surface area (Å²) in [5.74, 6) is 0.132. The van der Waals surface area contributed by atoms with Gasteiger partial charge in [0.05, 0.1) is 0 Å². The van der Waals surface area contributed by atoms with Crippen molar-refractivity contribution >= 4 is 16.1 Å². The van der Waals surface area contributed by atoms with Crippen molar-refractivity contribution in [3.63, 3.8) is 0 Å². The third-order valence-corrected chi connectivity index (χ3v) is 4.35. The Morgan fingerprint density at radius 3 is 2.79 bits per heavy atom. The van der Waals surface area contributed by atoms with Crippen LogP contribution in [-0.4, -0.2) is 28.2 Å². The van der Waals surface area contributed by atoms with Crippen LogP contribution in [-0.2, 0) is 4.79 Å². The van der Waals surface area contributed by atoms with Crippen LogP contribution in [0, 0.1) is 0 Å². The standard InChI is InChI=1S/C10H22N2OSi/c1-7(11)6-10(13)12-8-4-2-3-5-9(8)14/h7-9H,2-6,11H2,1,14H3,(H,12,13)/t7-,8-,9?/m0/s1. The molecular weight excluding hydrogens is 192 g/mol. The molecule has 3 nitrogen and oxygen atoms in total. The van der Waals surface area contributed by atoms with Gasteiger partial charge < -0.3 is 11.1 Å². The molecule has 0 aromatic heterocycles. The summed E-state index contributed by atoms with van der Waals surface area (Å²) in [6, 6.07) is 0.424. The first-order valence-electron chi connectivity index (χ1n) is 5.64. The molecule has 1 rings (SSSR count). The zero-order valence-electron chi connectivity index (χ0n) is 9.25. The van der Waals surface area contributed by atoms with Crippen molar-refractivity contribution in [3.8, 4) is 0 Å². The fourth-order valence-electron chi connectivity index (χ4n) is 2.09. The Balaban J connectivity index is 2.31. The van der Waals surface area contributed by atoms with Crippen LogP contribution in [0.4, 0.5) is 0 Å². The maximum absolute atomic E-state index is 11.5. The normalized spacial score (nSPS) is 29.9. The second-order valence-electron chi connectivity index (χ2n) is 4.62. The second-order valence-corrected chi connectivity index (χ2v) is 6.10. The molecule has 3 atom stereocenters. The van der Waals surface area contributed by atoms with Crippen LogP contribution in [0.5, 0.6) is 0 Å². The Labute approximate surface area is 89.2 Å². The SMILES string of the molecule is C[C@H](N)CC(=O)N[C@H]1CCCCC1[SiH3]. The number of hydrogen-bond donors (Lipinski definition) is 2. The lowest BCUT2D eigenvalue weighted by molar-refractivity contribution is -0.122. The molecule has 0 aromatic carbocycles. The van der Waals surface area contributed by atoms with Crippen molar-refractivity contribution in [1.82, 2.24) is 5.32 Å². The van der Waals surface area contributed by atoms with Crippen LogP contribution in [0.1, 0.15) is 39.0 Å². The van der Waals surface area contributed by atoms with Crippen molar-refractivity contribution in [2.45, 2.75) is 56.7 Å². The predicted molar refractivity (Wildman–Crippen MR) is 62.4 cm³/mol. The highest BCUT2D eigenvalue weighted by atomic mass is 28.1. The van der Waals surface area contributed by atoms with Gasteiger partial charge in [0.15, 0.2) is 0 Å². The second kappa shape index (κ2) is 5.51. The van der Waals surface area contributed by atoms with E-state index in [1.165, 1.54) is 35.9 Å². The summed E-state index contributed by atoms with van der Waals surface area (Å²) in [4.78, 5) is 11.5. The fraction of sp³-hybridized carbons (Fsp3) is 0.900. The molecule has 0 heterocycles. The minimum Gasteiger partial charge on any atom is -0.353 e. The van der Waals surface area contributed by atoms with Crippen molar-refractivity contribution < 1.29 is 4.79 Å². The van der Waals surface area contributed by atoms with Crippen molar-refractivity contribution in [2.75, 3.05) is 0 Å². The molecule has 3 N–H and O–H groups in total. The van der Waals surface area contributed by atoms with Gasteiger partial charge in [0.25, 0.3) is 0 Å². The highest BCUT2D eigenvalue weighted by Gasteiger charge is 2.22. The van der Waals surface area contributed by atoms with E-state index in [0.29, 0.717) is 12.5 Å². The number of carbonyl (C=O) groups excluding carboxylic acids is 1. The first-order valence-corrected chi connectivity index (χ1v) is 6.80. The lowest BCUT2D eigenvalue weighted by atomic mass is 9.94. The summed E-state index contributed by atoms with van der Waals surface area (Å²) in [6.45, 7) is 1.87. The Morgan fingerprint density at radius 2 is 2.21 bits per heavy atom. The number of nitrogens with one attached hydrogen (secondary N) is 1. The third kappa shape index (κ3) is 3.80. The minimum absolute atomic E-state index is 0.0221. The maximum Gasteiger partial charge on any atom is 0.221 e. The van der Waals surface area contributed by atoms with E-state index >= 15 is 0 Å². The van der Waals surface area contributed by atoms with Crippen molar-refractivity contribution in [2.24, 2.45) is 5.73 Å². The van der Waals surface area contributed by atoms with E-state index in [9.17, 15) is 4.79 Å². The van der Waals surface area contributed by atoms with Gasteiger partial charge in [-0.15, -0.1) is 0 Å². The van der Waals surface area contributed by atoms with Gasteiger partial charge in [0.1, 0.15) is 0 Å². The molecule has 0 radical (unpaired) electrons. The molecule has 0 aliphatic heterocycles. The largest absolute Gasteiger partial charge is 0.353 e. The average molecular weight is 214 g/mol. The van der Waals surface area contributed by atoms with Crippen LogP contribution in [0.15, 0.2) is 0 Å². The number of hydrogen-bond acceptors (Lipinski definition) is 2. The molecule has 14 heavy (non-hydrogen) atoms. The van der Waals surface area contributed by atoms with Crippen LogP contribution in [0.25, 0.3) is 0 Å². The third-order valence-electron chi connectivity index (χ3n) is 2.97. The quantitative estimate of drug-likeness (QED) is 0.647. The number of carbonyl (C=O) groups is 1. The summed E-state index contributed by atoms with van der Waals surface area (Å²) in [5, 5.41) is 3.12. The van der Waals surface area contributed by atoms with Gasteiger partial charge in [-0.05, 0) is 18.9 Å². The van der Waals surface area contributed by atoms with Gasteiger partial charge in [0.2, 0.25) is 5.91 Å². The molecule has 0 saturated heterocycles. The topological polar surface area (TPSA) is 55.1 Å². The monoisotopic (exact) mass is 214 g/mol. The van der Waals surface area contributed by atoms with Gasteiger partial charge in [-0.25, -0.2) is 0 Å². The van der Waals surface area contributed by atoms with E-state index in [1.54, 1.807) is 0 Å². The molecule has 4 heteroatoms. The Bertz CT molecular complexity index is 197. The molecule has 82 valence electrons. The smallest absolute Gasteiger partial charge is 0.221 e. The zero-order valence-corrected chi connectivity index (χ0v) is 11.3. The Kier molecular flexibility index (Phi) is 4.61. The number of rotatable bonds is 3. The van der Waals surface area contributed by atoms with E-state index in [0.717, 1.165) is 5.54 Å². The van der Waals surface area contributed by atoms with Crippen LogP contribution < -0.4 is 11.1 Å². The van der Waals surface area contributed by atoms with Gasteiger partial charge >= 0.3 is 0 Å². The average Bonchev–Trinajstić information content (AvgIpc) is 2.07. The van der Waals surface area contributed by atoms with Crippen LogP contribution >= 0.6 is 0 Å². The first-order chi connectivity index (χ1) is 6.59. The highest BCUT2D eigenvalue weighted by Crippen LogP contribution is 2.26. The summed E-state index contributed by atoms with van der Waals surface area (Å²) in [7, 11) is 1.19. The molecular formula is C10H22N2OSi. The molecule has 1 aliphatic rings. The molecule has 1 aliphatic carbocycles. The summed E-state index contributed by atoms with van der Waals surface area (Å²) in [5.41, 5.74) is 6.35. The molecule has 0 aromatic rings. The molecule has 1 amide bonds. The lowest BCUT2D eigenvalue weighted by Gasteiger charge is -2.29. The van der Waals surface area contributed by atoms with E-state index in [1.807, 2.05) is 6.92 Å². The van der Waals surface area contributed by atoms with E-state index in [-0.39, 0.29) is 11.9 Å². The highest BCUT2D eigenvalue weighted by molar-refractivity contribution is 6.12. The zero-order chi connectivity index (χ0) is 10.6. The Hall–Kier alpha value is -0.353. The molecule has 0 spiro atoms. The van der Waals surface area contributed by atoms with Gasteiger partial charge in [-0.1, -0.05) is 19.3 Å². The van der Waals surface area contributed by atoms with Gasteiger partial charge in [0, 0.05) is 28.7 Å².